The molecule has 1 heterocycles. The van der Waals surface area contributed by atoms with Crippen LogP contribution in [0.1, 0.15) is 17.3 Å². The van der Waals surface area contributed by atoms with Crippen LogP contribution in [-0.2, 0) is 0 Å². The Morgan fingerprint density at radius 1 is 1.22 bits per heavy atom. The summed E-state index contributed by atoms with van der Waals surface area (Å²) in [5, 5.41) is 1.06. The highest BCUT2D eigenvalue weighted by Gasteiger charge is 2.17. The van der Waals surface area contributed by atoms with Crippen molar-refractivity contribution in [2.24, 2.45) is 0 Å². The van der Waals surface area contributed by atoms with Crippen molar-refractivity contribution >= 4 is 29.1 Å². The van der Waals surface area contributed by atoms with E-state index in [1.807, 2.05) is 37.3 Å². The third-order valence-corrected chi connectivity index (χ3v) is 3.97. The van der Waals surface area contributed by atoms with Crippen molar-refractivity contribution in [2.75, 3.05) is 0 Å². The second-order valence-electron chi connectivity index (χ2n) is 3.78. The van der Waals surface area contributed by atoms with Gasteiger partial charge in [0.25, 0.3) is 0 Å². The van der Waals surface area contributed by atoms with Crippen LogP contribution in [0.4, 0.5) is 0 Å². The van der Waals surface area contributed by atoms with E-state index in [1.165, 1.54) is 11.8 Å². The van der Waals surface area contributed by atoms with Crippen molar-refractivity contribution in [1.82, 2.24) is 4.98 Å². The molecular weight excluding hydrogens is 266 g/mol. The first-order valence-corrected chi connectivity index (χ1v) is 6.80. The van der Waals surface area contributed by atoms with Crippen molar-refractivity contribution in [1.29, 1.82) is 0 Å². The highest BCUT2D eigenvalue weighted by atomic mass is 35.5. The summed E-state index contributed by atoms with van der Waals surface area (Å²) in [4.78, 5) is 16.3. The Kier molecular flexibility index (Phi) is 4.39. The molecular formula is C14H12ClNOS. The van der Waals surface area contributed by atoms with Gasteiger partial charge < -0.3 is 0 Å². The fraction of sp³-hybridized carbons (Fsp3) is 0.143. The molecule has 0 bridgehead atoms. The molecule has 2 rings (SSSR count). The van der Waals surface area contributed by atoms with Gasteiger partial charge in [0.2, 0.25) is 0 Å². The van der Waals surface area contributed by atoms with Crippen LogP contribution in [0.25, 0.3) is 0 Å². The maximum absolute atomic E-state index is 12.2. The summed E-state index contributed by atoms with van der Waals surface area (Å²) in [5.74, 6) is 0.0855. The number of halogens is 1. The number of aromatic nitrogens is 1. The molecule has 0 aliphatic heterocycles. The quantitative estimate of drug-likeness (QED) is 0.623. The molecule has 92 valence electrons. The van der Waals surface area contributed by atoms with E-state index < -0.39 is 0 Å². The second-order valence-corrected chi connectivity index (χ2v) is 5.52. The Bertz CT molecular complexity index is 545. The van der Waals surface area contributed by atoms with Crippen LogP contribution in [-0.4, -0.2) is 16.0 Å². The number of pyridine rings is 1. The molecule has 0 spiro atoms. The average Bonchev–Trinajstić information content (AvgIpc) is 2.41. The Morgan fingerprint density at radius 2 is 1.94 bits per heavy atom. The highest BCUT2D eigenvalue weighted by Crippen LogP contribution is 2.29. The lowest BCUT2D eigenvalue weighted by atomic mass is 10.1. The predicted molar refractivity (Wildman–Crippen MR) is 75.3 cm³/mol. The van der Waals surface area contributed by atoms with Gasteiger partial charge in [-0.25, -0.2) is 4.98 Å². The minimum atomic E-state index is -0.209. The minimum absolute atomic E-state index is 0.0855. The van der Waals surface area contributed by atoms with Crippen LogP contribution in [0.3, 0.4) is 0 Å². The van der Waals surface area contributed by atoms with Gasteiger partial charge in [0, 0.05) is 11.8 Å². The van der Waals surface area contributed by atoms with Crippen molar-refractivity contribution in [2.45, 2.75) is 17.2 Å². The average molecular weight is 278 g/mol. The minimum Gasteiger partial charge on any atom is -0.293 e. The Labute approximate surface area is 115 Å². The molecule has 0 N–H and O–H groups in total. The number of nitrogens with zero attached hydrogens (tertiary/aromatic N) is 1. The summed E-state index contributed by atoms with van der Waals surface area (Å²) in [5.41, 5.74) is 0.713. The molecule has 18 heavy (non-hydrogen) atoms. The van der Waals surface area contributed by atoms with Gasteiger partial charge in [0.15, 0.2) is 5.78 Å². The molecule has 4 heteroatoms. The first-order valence-electron chi connectivity index (χ1n) is 5.55. The fourth-order valence-corrected chi connectivity index (χ4v) is 2.65. The van der Waals surface area contributed by atoms with E-state index in [0.29, 0.717) is 15.6 Å². The summed E-state index contributed by atoms with van der Waals surface area (Å²) in [7, 11) is 0. The van der Waals surface area contributed by atoms with E-state index in [2.05, 4.69) is 4.98 Å². The standard InChI is InChI=1S/C14H12ClNOS/c1-10(13(17)11-6-3-2-4-7-11)18-14-12(15)8-5-9-16-14/h2-10H,1H3. The normalized spacial score (nSPS) is 12.1. The zero-order chi connectivity index (χ0) is 13.0. The number of benzene rings is 1. The van der Waals surface area contributed by atoms with E-state index in [1.54, 1.807) is 18.3 Å². The number of hydrogen-bond acceptors (Lipinski definition) is 3. The van der Waals surface area contributed by atoms with E-state index in [9.17, 15) is 4.79 Å². The van der Waals surface area contributed by atoms with Crippen LogP contribution >= 0.6 is 23.4 Å². The highest BCUT2D eigenvalue weighted by molar-refractivity contribution is 8.00. The van der Waals surface area contributed by atoms with Crippen molar-refractivity contribution in [3.05, 3.63) is 59.2 Å². The van der Waals surface area contributed by atoms with Gasteiger partial charge in [-0.1, -0.05) is 53.7 Å². The van der Waals surface area contributed by atoms with Crippen LogP contribution in [0.2, 0.25) is 5.02 Å². The van der Waals surface area contributed by atoms with Crippen molar-refractivity contribution in [3.8, 4) is 0 Å². The first kappa shape index (κ1) is 13.1. The molecule has 0 aliphatic rings. The molecule has 2 aromatic rings. The fourth-order valence-electron chi connectivity index (χ4n) is 1.52. The molecule has 1 aromatic carbocycles. The van der Waals surface area contributed by atoms with E-state index in [-0.39, 0.29) is 11.0 Å². The number of carbonyl (C=O) groups excluding carboxylic acids is 1. The first-order chi connectivity index (χ1) is 8.68. The summed E-state index contributed by atoms with van der Waals surface area (Å²) in [6, 6.07) is 12.8. The lowest BCUT2D eigenvalue weighted by Crippen LogP contribution is -2.13. The molecule has 1 atom stereocenters. The topological polar surface area (TPSA) is 30.0 Å². The Morgan fingerprint density at radius 3 is 2.61 bits per heavy atom. The number of ketones is 1. The Hall–Kier alpha value is -1.32. The number of thioether (sulfide) groups is 1. The largest absolute Gasteiger partial charge is 0.293 e. The van der Waals surface area contributed by atoms with Gasteiger partial charge in [-0.05, 0) is 19.1 Å². The molecule has 0 aliphatic carbocycles. The SMILES string of the molecule is CC(Sc1ncccc1Cl)C(=O)c1ccccc1. The number of carbonyl (C=O) groups is 1. The second kappa shape index (κ2) is 6.03. The Balaban J connectivity index is 2.11. The summed E-state index contributed by atoms with van der Waals surface area (Å²) in [6.45, 7) is 1.87. The van der Waals surface area contributed by atoms with Gasteiger partial charge in [-0.15, -0.1) is 0 Å². The summed E-state index contributed by atoms with van der Waals surface area (Å²) in [6.07, 6.45) is 1.67. The van der Waals surface area contributed by atoms with Gasteiger partial charge >= 0.3 is 0 Å². The van der Waals surface area contributed by atoms with Gasteiger partial charge in [-0.3, -0.25) is 4.79 Å². The van der Waals surface area contributed by atoms with E-state index in [0.717, 1.165) is 0 Å². The smallest absolute Gasteiger partial charge is 0.175 e. The van der Waals surface area contributed by atoms with Crippen molar-refractivity contribution < 1.29 is 4.79 Å². The zero-order valence-corrected chi connectivity index (χ0v) is 11.4. The molecule has 0 saturated heterocycles. The van der Waals surface area contributed by atoms with Crippen LogP contribution in [0, 0.1) is 0 Å². The number of Topliss-reactive ketones (excluding diaryl/α,β-unsaturated/α-hetero) is 1. The molecule has 1 aromatic heterocycles. The molecule has 0 saturated carbocycles. The predicted octanol–water partition coefficient (Wildman–Crippen LogP) is 4.10. The molecule has 2 nitrogen and oxygen atoms in total. The lowest BCUT2D eigenvalue weighted by Gasteiger charge is -2.10. The van der Waals surface area contributed by atoms with E-state index in [4.69, 9.17) is 11.6 Å². The third kappa shape index (κ3) is 3.12. The van der Waals surface area contributed by atoms with Crippen LogP contribution < -0.4 is 0 Å². The van der Waals surface area contributed by atoms with Gasteiger partial charge in [0.1, 0.15) is 5.03 Å². The molecule has 0 fully saturated rings. The third-order valence-electron chi connectivity index (χ3n) is 2.44. The van der Waals surface area contributed by atoms with E-state index >= 15 is 0 Å². The maximum Gasteiger partial charge on any atom is 0.175 e. The molecule has 1 unspecified atom stereocenters. The number of rotatable bonds is 4. The zero-order valence-electron chi connectivity index (χ0n) is 9.84. The summed E-state index contributed by atoms with van der Waals surface area (Å²) >= 11 is 7.40. The van der Waals surface area contributed by atoms with Gasteiger partial charge in [0.05, 0.1) is 10.3 Å². The monoisotopic (exact) mass is 277 g/mol. The van der Waals surface area contributed by atoms with Gasteiger partial charge in [-0.2, -0.15) is 0 Å². The molecule has 0 amide bonds. The van der Waals surface area contributed by atoms with Crippen molar-refractivity contribution in [3.63, 3.8) is 0 Å². The molecule has 0 radical (unpaired) electrons. The maximum atomic E-state index is 12.2. The summed E-state index contributed by atoms with van der Waals surface area (Å²) < 4.78 is 0. The van der Waals surface area contributed by atoms with Crippen LogP contribution in [0.15, 0.2) is 53.7 Å². The lowest BCUT2D eigenvalue weighted by molar-refractivity contribution is 0.0994. The van der Waals surface area contributed by atoms with Crippen LogP contribution in [0.5, 0.6) is 0 Å². The number of hydrogen-bond donors (Lipinski definition) is 0.